The number of nitrogens with zero attached hydrogens (tertiary/aromatic N) is 2. The second-order valence-electron chi connectivity index (χ2n) is 10.4. The van der Waals surface area contributed by atoms with Crippen molar-refractivity contribution in [2.75, 3.05) is 33.1 Å². The van der Waals surface area contributed by atoms with E-state index < -0.39 is 11.1 Å². The zero-order valence-electron chi connectivity index (χ0n) is 23.2. The minimum absolute atomic E-state index is 0.0347. The van der Waals surface area contributed by atoms with Crippen LogP contribution in [0.15, 0.2) is 77.7 Å². The van der Waals surface area contributed by atoms with Crippen LogP contribution in [0.2, 0.25) is 0 Å². The fraction of sp³-hybridized carbons (Fsp3) is 0.438. The average molecular weight is 521 g/mol. The van der Waals surface area contributed by atoms with Crippen LogP contribution < -0.4 is 4.90 Å². The van der Waals surface area contributed by atoms with Crippen LogP contribution in [0.1, 0.15) is 73.6 Å². The standard InChI is InChI=1S/C32H44N2O2S/c1-6-7-10-20-27(33(2)3)21-15-22-28-30(37(35)36)24-23-29(34(4)5)32(28)31(25-16-11-8-12-17-25)26-18-13-9-14-19-26/h8-9,11-14,16-19,23-24,27,31H,6-7,10,15,20-22H2,1-5H3,(H,35,36). The molecule has 1 N–H and O–H groups in total. The largest absolute Gasteiger partial charge is 0.377 e. The second-order valence-corrected chi connectivity index (χ2v) is 11.3. The lowest BCUT2D eigenvalue weighted by Gasteiger charge is -2.29. The summed E-state index contributed by atoms with van der Waals surface area (Å²) < 4.78 is 23.0. The van der Waals surface area contributed by atoms with Crippen molar-refractivity contribution >= 4 is 16.8 Å². The first-order valence-corrected chi connectivity index (χ1v) is 14.7. The Morgan fingerprint density at radius 3 is 1.84 bits per heavy atom. The first-order valence-electron chi connectivity index (χ1n) is 13.5. The summed E-state index contributed by atoms with van der Waals surface area (Å²) in [5.41, 5.74) is 5.61. The quantitative estimate of drug-likeness (QED) is 0.137. The number of rotatable bonds is 14. The van der Waals surface area contributed by atoms with Gasteiger partial charge in [0.25, 0.3) is 0 Å². The summed E-state index contributed by atoms with van der Waals surface area (Å²) in [7, 11) is 8.45. The van der Waals surface area contributed by atoms with Crippen LogP contribution >= 0.6 is 0 Å². The SMILES string of the molecule is CCCCCC(CCCc1c(S(=O)O)ccc(N(C)C)c1C(c1ccccc1)c1ccccc1)N(C)C. The monoisotopic (exact) mass is 520 g/mol. The van der Waals surface area contributed by atoms with E-state index in [4.69, 9.17) is 0 Å². The van der Waals surface area contributed by atoms with Crippen molar-refractivity contribution in [3.63, 3.8) is 0 Å². The number of unbranched alkanes of at least 4 members (excludes halogenated alkanes) is 2. The summed E-state index contributed by atoms with van der Waals surface area (Å²) >= 11 is -2.06. The van der Waals surface area contributed by atoms with Crippen molar-refractivity contribution in [1.29, 1.82) is 0 Å². The molecule has 0 spiro atoms. The predicted molar refractivity (Wildman–Crippen MR) is 158 cm³/mol. The smallest absolute Gasteiger partial charge is 0.186 e. The van der Waals surface area contributed by atoms with Crippen molar-refractivity contribution in [3.8, 4) is 0 Å². The molecule has 0 aromatic heterocycles. The van der Waals surface area contributed by atoms with E-state index in [0.29, 0.717) is 10.9 Å². The average Bonchev–Trinajstić information content (AvgIpc) is 2.89. The van der Waals surface area contributed by atoms with Crippen molar-refractivity contribution in [2.45, 2.75) is 68.7 Å². The lowest BCUT2D eigenvalue weighted by molar-refractivity contribution is 0.254. The van der Waals surface area contributed by atoms with E-state index in [1.807, 2.05) is 24.3 Å². The third-order valence-corrected chi connectivity index (χ3v) is 8.11. The Bertz CT molecular complexity index is 1080. The molecular formula is C32H44N2O2S. The van der Waals surface area contributed by atoms with Crippen LogP contribution in [0.5, 0.6) is 0 Å². The topological polar surface area (TPSA) is 43.8 Å². The van der Waals surface area contributed by atoms with Crippen molar-refractivity contribution in [2.24, 2.45) is 0 Å². The Morgan fingerprint density at radius 1 is 0.784 bits per heavy atom. The minimum atomic E-state index is -2.06. The third kappa shape index (κ3) is 7.76. The third-order valence-electron chi connectivity index (χ3n) is 7.35. The van der Waals surface area contributed by atoms with Gasteiger partial charge >= 0.3 is 0 Å². The van der Waals surface area contributed by atoms with Crippen molar-refractivity contribution < 1.29 is 8.76 Å². The van der Waals surface area contributed by atoms with E-state index in [-0.39, 0.29) is 5.92 Å². The molecule has 0 aliphatic heterocycles. The first kappa shape index (κ1) is 29.1. The molecule has 0 amide bonds. The van der Waals surface area contributed by atoms with Crippen LogP contribution in [-0.2, 0) is 17.5 Å². The minimum Gasteiger partial charge on any atom is -0.377 e. The van der Waals surface area contributed by atoms with Gasteiger partial charge in [-0.2, -0.15) is 0 Å². The van der Waals surface area contributed by atoms with Crippen LogP contribution in [-0.4, -0.2) is 47.9 Å². The first-order chi connectivity index (χ1) is 17.8. The predicted octanol–water partition coefficient (Wildman–Crippen LogP) is 7.35. The number of hydrogen-bond acceptors (Lipinski definition) is 3. The summed E-state index contributed by atoms with van der Waals surface area (Å²) in [6.07, 6.45) is 7.75. The van der Waals surface area contributed by atoms with Gasteiger partial charge in [0.2, 0.25) is 0 Å². The van der Waals surface area contributed by atoms with Crippen LogP contribution in [0.3, 0.4) is 0 Å². The van der Waals surface area contributed by atoms with E-state index in [0.717, 1.165) is 36.1 Å². The molecule has 0 fully saturated rings. The van der Waals surface area contributed by atoms with Crippen molar-refractivity contribution in [3.05, 3.63) is 95.1 Å². The Hall–Kier alpha value is -2.47. The second kappa shape index (κ2) is 14.5. The van der Waals surface area contributed by atoms with E-state index in [9.17, 15) is 8.76 Å². The maximum Gasteiger partial charge on any atom is 0.186 e. The molecule has 2 atom stereocenters. The molecule has 5 heteroatoms. The highest BCUT2D eigenvalue weighted by molar-refractivity contribution is 7.79. The van der Waals surface area contributed by atoms with Gasteiger partial charge < -0.3 is 14.4 Å². The molecule has 200 valence electrons. The van der Waals surface area contributed by atoms with Gasteiger partial charge in [-0.15, -0.1) is 0 Å². The van der Waals surface area contributed by atoms with Gasteiger partial charge in [-0.05, 0) is 74.2 Å². The molecule has 0 radical (unpaired) electrons. The molecule has 0 heterocycles. The molecule has 2 unspecified atom stereocenters. The highest BCUT2D eigenvalue weighted by Crippen LogP contribution is 2.41. The maximum atomic E-state index is 12.6. The van der Waals surface area contributed by atoms with E-state index in [2.05, 4.69) is 93.4 Å². The molecule has 0 saturated heterocycles. The molecule has 3 rings (SSSR count). The van der Waals surface area contributed by atoms with Gasteiger partial charge in [0.1, 0.15) is 0 Å². The van der Waals surface area contributed by atoms with Crippen LogP contribution in [0.25, 0.3) is 0 Å². The van der Waals surface area contributed by atoms with Gasteiger partial charge in [0.15, 0.2) is 11.1 Å². The molecule has 37 heavy (non-hydrogen) atoms. The molecule has 0 bridgehead atoms. The number of anilines is 1. The molecule has 0 aliphatic carbocycles. The van der Waals surface area contributed by atoms with E-state index >= 15 is 0 Å². The van der Waals surface area contributed by atoms with Crippen molar-refractivity contribution in [1.82, 2.24) is 4.90 Å². The van der Waals surface area contributed by atoms with Gasteiger partial charge in [-0.1, -0.05) is 86.8 Å². The lowest BCUT2D eigenvalue weighted by Crippen LogP contribution is -2.28. The van der Waals surface area contributed by atoms with E-state index in [1.54, 1.807) is 0 Å². The summed E-state index contributed by atoms with van der Waals surface area (Å²) in [4.78, 5) is 5.01. The Balaban J connectivity index is 2.10. The van der Waals surface area contributed by atoms with Crippen LogP contribution in [0.4, 0.5) is 5.69 Å². The summed E-state index contributed by atoms with van der Waals surface area (Å²) in [6, 6.07) is 25.4. The molecule has 3 aromatic carbocycles. The number of hydrogen-bond donors (Lipinski definition) is 1. The van der Waals surface area contributed by atoms with Gasteiger partial charge in [-0.3, -0.25) is 0 Å². The zero-order chi connectivity index (χ0) is 26.8. The fourth-order valence-electron chi connectivity index (χ4n) is 5.39. The summed E-state index contributed by atoms with van der Waals surface area (Å²) in [5, 5.41) is 0. The molecule has 4 nitrogen and oxygen atoms in total. The molecule has 0 aliphatic rings. The molecule has 3 aromatic rings. The van der Waals surface area contributed by atoms with Gasteiger partial charge in [0, 0.05) is 31.7 Å². The Labute approximate surface area is 227 Å². The fourth-order valence-corrected chi connectivity index (χ4v) is 6.00. The highest BCUT2D eigenvalue weighted by Gasteiger charge is 2.27. The van der Waals surface area contributed by atoms with Gasteiger partial charge in [0.05, 0.1) is 4.90 Å². The highest BCUT2D eigenvalue weighted by atomic mass is 32.2. The van der Waals surface area contributed by atoms with E-state index in [1.165, 1.54) is 36.8 Å². The Kier molecular flexibility index (Phi) is 11.4. The zero-order valence-corrected chi connectivity index (χ0v) is 24.0. The Morgan fingerprint density at radius 2 is 1.35 bits per heavy atom. The molecular weight excluding hydrogens is 476 g/mol. The molecule has 0 saturated carbocycles. The normalized spacial score (nSPS) is 13.2. The van der Waals surface area contributed by atoms with Gasteiger partial charge in [-0.25, -0.2) is 4.21 Å². The summed E-state index contributed by atoms with van der Waals surface area (Å²) in [6.45, 7) is 2.25. The summed E-state index contributed by atoms with van der Waals surface area (Å²) in [5.74, 6) is -0.0347. The maximum absolute atomic E-state index is 12.6. The number of benzene rings is 3. The lowest BCUT2D eigenvalue weighted by atomic mass is 9.80. The van der Waals surface area contributed by atoms with Crippen LogP contribution in [0, 0.1) is 0 Å².